The Kier molecular flexibility index (Phi) is 3.55. The van der Waals surface area contributed by atoms with Crippen molar-refractivity contribution in [2.75, 3.05) is 7.11 Å². The lowest BCUT2D eigenvalue weighted by atomic mass is 10.2. The number of halogens is 1. The maximum atomic E-state index is 5.89. The van der Waals surface area contributed by atoms with E-state index in [1.54, 1.807) is 7.11 Å². The van der Waals surface area contributed by atoms with Crippen LogP contribution in [0.15, 0.2) is 42.5 Å². The SMILES string of the molecule is COc1ccc(Oc2ccc(Cl)cc2C)cc1. The standard InChI is InChI=1S/C14H13ClO2/c1-10-9-11(15)3-8-14(10)17-13-6-4-12(16-2)5-7-13/h3-9H,1-2H3. The normalized spacial score (nSPS) is 10.1. The summed E-state index contributed by atoms with van der Waals surface area (Å²) in [7, 11) is 1.64. The highest BCUT2D eigenvalue weighted by Gasteiger charge is 2.02. The number of methoxy groups -OCH3 is 1. The van der Waals surface area contributed by atoms with Gasteiger partial charge in [-0.15, -0.1) is 0 Å². The lowest BCUT2D eigenvalue weighted by Gasteiger charge is -2.09. The van der Waals surface area contributed by atoms with Crippen molar-refractivity contribution >= 4 is 11.6 Å². The number of aryl methyl sites for hydroxylation is 1. The Hall–Kier alpha value is -1.67. The summed E-state index contributed by atoms with van der Waals surface area (Å²) in [5.41, 5.74) is 1.01. The Labute approximate surface area is 106 Å². The van der Waals surface area contributed by atoms with E-state index >= 15 is 0 Å². The van der Waals surface area contributed by atoms with Crippen LogP contribution >= 0.6 is 11.6 Å². The van der Waals surface area contributed by atoms with Crippen molar-refractivity contribution in [3.63, 3.8) is 0 Å². The Morgan fingerprint density at radius 2 is 1.59 bits per heavy atom. The molecule has 0 aliphatic heterocycles. The summed E-state index contributed by atoms with van der Waals surface area (Å²) < 4.78 is 10.8. The summed E-state index contributed by atoms with van der Waals surface area (Å²) >= 11 is 5.89. The minimum atomic E-state index is 0.713. The van der Waals surface area contributed by atoms with Gasteiger partial charge in [0.1, 0.15) is 17.2 Å². The van der Waals surface area contributed by atoms with Gasteiger partial charge in [-0.3, -0.25) is 0 Å². The van der Waals surface area contributed by atoms with E-state index < -0.39 is 0 Å². The largest absolute Gasteiger partial charge is 0.497 e. The number of benzene rings is 2. The second-order valence-electron chi connectivity index (χ2n) is 3.69. The van der Waals surface area contributed by atoms with Crippen LogP contribution in [0.4, 0.5) is 0 Å². The molecular weight excluding hydrogens is 236 g/mol. The molecule has 0 amide bonds. The maximum absolute atomic E-state index is 5.89. The number of hydrogen-bond donors (Lipinski definition) is 0. The third-order valence-electron chi connectivity index (χ3n) is 2.42. The fourth-order valence-corrected chi connectivity index (χ4v) is 1.72. The van der Waals surface area contributed by atoms with Crippen molar-refractivity contribution in [3.05, 3.63) is 53.1 Å². The van der Waals surface area contributed by atoms with Gasteiger partial charge >= 0.3 is 0 Å². The van der Waals surface area contributed by atoms with Crippen LogP contribution in [0, 0.1) is 6.92 Å². The molecule has 0 heterocycles. The van der Waals surface area contributed by atoms with E-state index in [0.717, 1.165) is 22.8 Å². The molecule has 0 N–H and O–H groups in total. The predicted octanol–water partition coefficient (Wildman–Crippen LogP) is 4.45. The number of hydrogen-bond acceptors (Lipinski definition) is 2. The van der Waals surface area contributed by atoms with Crippen LogP contribution in [0.2, 0.25) is 5.02 Å². The Bertz CT molecular complexity index is 506. The second-order valence-corrected chi connectivity index (χ2v) is 4.12. The highest BCUT2D eigenvalue weighted by atomic mass is 35.5. The van der Waals surface area contributed by atoms with Gasteiger partial charge in [-0.1, -0.05) is 11.6 Å². The summed E-state index contributed by atoms with van der Waals surface area (Å²) in [5, 5.41) is 0.713. The summed E-state index contributed by atoms with van der Waals surface area (Å²) in [6.07, 6.45) is 0. The van der Waals surface area contributed by atoms with Crippen LogP contribution in [0.5, 0.6) is 17.2 Å². The first-order chi connectivity index (χ1) is 8.19. The van der Waals surface area contributed by atoms with Gasteiger partial charge < -0.3 is 9.47 Å². The van der Waals surface area contributed by atoms with Crippen molar-refractivity contribution in [1.82, 2.24) is 0 Å². The monoisotopic (exact) mass is 248 g/mol. The van der Waals surface area contributed by atoms with E-state index in [1.165, 1.54) is 0 Å². The zero-order chi connectivity index (χ0) is 12.3. The molecule has 0 aliphatic rings. The smallest absolute Gasteiger partial charge is 0.130 e. The van der Waals surface area contributed by atoms with Crippen LogP contribution in [0.1, 0.15) is 5.56 Å². The summed E-state index contributed by atoms with van der Waals surface area (Å²) in [5.74, 6) is 2.39. The topological polar surface area (TPSA) is 18.5 Å². The fraction of sp³-hybridized carbons (Fsp3) is 0.143. The molecule has 0 atom stereocenters. The van der Waals surface area contributed by atoms with Crippen molar-refractivity contribution in [3.8, 4) is 17.2 Å². The average molecular weight is 249 g/mol. The van der Waals surface area contributed by atoms with Gasteiger partial charge in [0.2, 0.25) is 0 Å². The molecule has 17 heavy (non-hydrogen) atoms. The first-order valence-electron chi connectivity index (χ1n) is 5.27. The summed E-state index contributed by atoms with van der Waals surface area (Å²) in [6, 6.07) is 13.0. The van der Waals surface area contributed by atoms with Gasteiger partial charge in [-0.2, -0.15) is 0 Å². The third-order valence-corrected chi connectivity index (χ3v) is 2.66. The predicted molar refractivity (Wildman–Crippen MR) is 69.3 cm³/mol. The minimum absolute atomic E-state index is 0.713. The molecule has 0 unspecified atom stereocenters. The van der Waals surface area contributed by atoms with Crippen LogP contribution < -0.4 is 9.47 Å². The zero-order valence-electron chi connectivity index (χ0n) is 9.74. The first kappa shape index (κ1) is 11.8. The van der Waals surface area contributed by atoms with Gasteiger partial charge in [-0.25, -0.2) is 0 Å². The van der Waals surface area contributed by atoms with Gasteiger partial charge in [0.25, 0.3) is 0 Å². The van der Waals surface area contributed by atoms with Crippen molar-refractivity contribution in [1.29, 1.82) is 0 Å². The van der Waals surface area contributed by atoms with E-state index in [0.29, 0.717) is 5.02 Å². The van der Waals surface area contributed by atoms with Gasteiger partial charge in [-0.05, 0) is 55.0 Å². The third kappa shape index (κ3) is 2.92. The van der Waals surface area contributed by atoms with E-state index in [1.807, 2.05) is 49.4 Å². The van der Waals surface area contributed by atoms with Crippen LogP contribution in [-0.2, 0) is 0 Å². The average Bonchev–Trinajstić information content (AvgIpc) is 2.34. The molecular formula is C14H13ClO2. The first-order valence-corrected chi connectivity index (χ1v) is 5.65. The molecule has 88 valence electrons. The quantitative estimate of drug-likeness (QED) is 0.799. The molecule has 3 heteroatoms. The van der Waals surface area contributed by atoms with Crippen molar-refractivity contribution in [2.24, 2.45) is 0 Å². The Morgan fingerprint density at radius 3 is 2.18 bits per heavy atom. The van der Waals surface area contributed by atoms with Gasteiger partial charge in [0, 0.05) is 5.02 Å². The van der Waals surface area contributed by atoms with E-state index in [2.05, 4.69) is 0 Å². The lowest BCUT2D eigenvalue weighted by molar-refractivity contribution is 0.412. The molecule has 2 rings (SSSR count). The van der Waals surface area contributed by atoms with Crippen LogP contribution in [-0.4, -0.2) is 7.11 Å². The molecule has 0 saturated heterocycles. The number of ether oxygens (including phenoxy) is 2. The molecule has 2 aromatic carbocycles. The second kappa shape index (κ2) is 5.11. The highest BCUT2D eigenvalue weighted by molar-refractivity contribution is 6.30. The Balaban J connectivity index is 2.19. The summed E-state index contributed by atoms with van der Waals surface area (Å²) in [4.78, 5) is 0. The zero-order valence-corrected chi connectivity index (χ0v) is 10.5. The molecule has 0 bridgehead atoms. The molecule has 0 aromatic heterocycles. The molecule has 2 nitrogen and oxygen atoms in total. The van der Waals surface area contributed by atoms with Crippen LogP contribution in [0.25, 0.3) is 0 Å². The highest BCUT2D eigenvalue weighted by Crippen LogP contribution is 2.28. The molecule has 0 saturated carbocycles. The van der Waals surface area contributed by atoms with E-state index in [9.17, 15) is 0 Å². The Morgan fingerprint density at radius 1 is 0.941 bits per heavy atom. The molecule has 0 fully saturated rings. The molecule has 2 aromatic rings. The van der Waals surface area contributed by atoms with Gasteiger partial charge in [0.15, 0.2) is 0 Å². The van der Waals surface area contributed by atoms with E-state index in [4.69, 9.17) is 21.1 Å². The maximum Gasteiger partial charge on any atom is 0.130 e. The van der Waals surface area contributed by atoms with Gasteiger partial charge in [0.05, 0.1) is 7.11 Å². The fourth-order valence-electron chi connectivity index (χ4n) is 1.50. The molecule has 0 spiro atoms. The van der Waals surface area contributed by atoms with Crippen LogP contribution in [0.3, 0.4) is 0 Å². The summed E-state index contributed by atoms with van der Waals surface area (Å²) in [6.45, 7) is 1.96. The molecule has 0 aliphatic carbocycles. The lowest BCUT2D eigenvalue weighted by Crippen LogP contribution is -1.88. The minimum Gasteiger partial charge on any atom is -0.497 e. The van der Waals surface area contributed by atoms with E-state index in [-0.39, 0.29) is 0 Å². The van der Waals surface area contributed by atoms with Crippen molar-refractivity contribution in [2.45, 2.75) is 6.92 Å². The van der Waals surface area contributed by atoms with Crippen molar-refractivity contribution < 1.29 is 9.47 Å². The number of rotatable bonds is 3. The molecule has 0 radical (unpaired) electrons.